The van der Waals surface area contributed by atoms with Crippen LogP contribution in [0, 0.1) is 0 Å². The second kappa shape index (κ2) is 6.64. The first-order chi connectivity index (χ1) is 11.1. The second-order valence-electron chi connectivity index (χ2n) is 6.03. The van der Waals surface area contributed by atoms with Crippen LogP contribution < -0.4 is 0 Å². The number of hydrogen-bond donors (Lipinski definition) is 0. The number of rotatable bonds is 4. The summed E-state index contributed by atoms with van der Waals surface area (Å²) < 4.78 is 7.06. The van der Waals surface area contributed by atoms with Gasteiger partial charge in [0.15, 0.2) is 5.78 Å². The molecule has 1 aromatic carbocycles. The van der Waals surface area contributed by atoms with Crippen molar-refractivity contribution in [3.63, 3.8) is 0 Å². The van der Waals surface area contributed by atoms with Gasteiger partial charge in [0.2, 0.25) is 0 Å². The molecule has 0 amide bonds. The molecule has 0 bridgehead atoms. The predicted octanol–water partition coefficient (Wildman–Crippen LogP) is 2.68. The number of hydrogen-bond acceptors (Lipinski definition) is 4. The fraction of sp³-hybridized carbons (Fsp3) is 0.444. The fourth-order valence-corrected chi connectivity index (χ4v) is 3.18. The number of carbonyl (C=O) groups is 1. The molecule has 0 saturated carbocycles. The molecule has 0 unspecified atom stereocenters. The normalized spacial score (nSPS) is 17.2. The smallest absolute Gasteiger partial charge is 0.178 e. The molecule has 2 heterocycles. The first kappa shape index (κ1) is 15.9. The number of nitrogens with zero attached hydrogens (tertiary/aromatic N) is 3. The summed E-state index contributed by atoms with van der Waals surface area (Å²) in [5.74, 6) is 0.0331. The third-order valence-corrected chi connectivity index (χ3v) is 4.57. The topological polar surface area (TPSA) is 47.4 Å². The molecule has 5 heteroatoms. The quantitative estimate of drug-likeness (QED) is 0.814. The monoisotopic (exact) mass is 313 g/mol. The van der Waals surface area contributed by atoms with Crippen molar-refractivity contribution in [3.8, 4) is 11.1 Å². The Balaban J connectivity index is 1.83. The van der Waals surface area contributed by atoms with Crippen molar-refractivity contribution in [1.82, 2.24) is 14.7 Å². The molecule has 2 aromatic rings. The van der Waals surface area contributed by atoms with E-state index in [0.717, 1.165) is 37.4 Å². The van der Waals surface area contributed by atoms with E-state index in [1.54, 1.807) is 24.9 Å². The number of Topliss-reactive ketones (excluding diaryl/α,β-unsaturated/α-hetero) is 1. The van der Waals surface area contributed by atoms with Crippen molar-refractivity contribution in [1.29, 1.82) is 0 Å². The molecule has 5 nitrogen and oxygen atoms in total. The van der Waals surface area contributed by atoms with Gasteiger partial charge in [-0.05, 0) is 18.1 Å². The minimum absolute atomic E-state index is 0.0331. The van der Waals surface area contributed by atoms with Crippen molar-refractivity contribution < 1.29 is 9.53 Å². The number of aromatic nitrogens is 2. The highest BCUT2D eigenvalue weighted by molar-refractivity contribution is 5.99. The summed E-state index contributed by atoms with van der Waals surface area (Å²) in [6, 6.07) is 8.82. The largest absolute Gasteiger partial charge is 0.379 e. The highest BCUT2D eigenvalue weighted by atomic mass is 16.5. The van der Waals surface area contributed by atoms with Gasteiger partial charge in [-0.1, -0.05) is 24.3 Å². The van der Waals surface area contributed by atoms with Gasteiger partial charge >= 0.3 is 0 Å². The van der Waals surface area contributed by atoms with Crippen LogP contribution in [0.5, 0.6) is 0 Å². The van der Waals surface area contributed by atoms with Gasteiger partial charge in [0, 0.05) is 38.7 Å². The molecule has 1 aliphatic rings. The lowest BCUT2D eigenvalue weighted by Crippen LogP contribution is -2.37. The minimum Gasteiger partial charge on any atom is -0.379 e. The van der Waals surface area contributed by atoms with Crippen LogP contribution >= 0.6 is 0 Å². The minimum atomic E-state index is 0.0331. The van der Waals surface area contributed by atoms with Gasteiger partial charge in [-0.25, -0.2) is 0 Å². The molecule has 0 aliphatic carbocycles. The number of carbonyl (C=O) groups excluding carboxylic acids is 1. The predicted molar refractivity (Wildman–Crippen MR) is 89.5 cm³/mol. The first-order valence-corrected chi connectivity index (χ1v) is 8.03. The lowest BCUT2D eigenvalue weighted by Gasteiger charge is -2.32. The highest BCUT2D eigenvalue weighted by Crippen LogP contribution is 2.27. The van der Waals surface area contributed by atoms with Gasteiger partial charge in [0.1, 0.15) is 5.69 Å². The Kier molecular flexibility index (Phi) is 4.59. The maximum Gasteiger partial charge on any atom is 0.178 e. The van der Waals surface area contributed by atoms with Crippen LogP contribution in [0.2, 0.25) is 0 Å². The summed E-state index contributed by atoms with van der Waals surface area (Å²) in [6.45, 7) is 7.36. The van der Waals surface area contributed by atoms with Gasteiger partial charge in [-0.15, -0.1) is 0 Å². The van der Waals surface area contributed by atoms with E-state index in [2.05, 4.69) is 41.2 Å². The van der Waals surface area contributed by atoms with Crippen LogP contribution in [0.25, 0.3) is 11.1 Å². The van der Waals surface area contributed by atoms with Crippen LogP contribution in [0.15, 0.2) is 30.5 Å². The zero-order valence-electron chi connectivity index (χ0n) is 14.0. The van der Waals surface area contributed by atoms with Crippen molar-refractivity contribution >= 4 is 5.78 Å². The molecule has 1 saturated heterocycles. The number of ketones is 1. The molecule has 122 valence electrons. The van der Waals surface area contributed by atoms with Crippen LogP contribution in [0.1, 0.15) is 35.9 Å². The molecule has 0 N–H and O–H groups in total. The van der Waals surface area contributed by atoms with Crippen LogP contribution in [-0.2, 0) is 11.8 Å². The summed E-state index contributed by atoms with van der Waals surface area (Å²) in [5.41, 5.74) is 3.86. The Bertz CT molecular complexity index is 685. The maximum absolute atomic E-state index is 11.8. The van der Waals surface area contributed by atoms with Crippen molar-refractivity contribution in [3.05, 3.63) is 41.7 Å². The summed E-state index contributed by atoms with van der Waals surface area (Å²) in [6.07, 6.45) is 1.76. The molecule has 23 heavy (non-hydrogen) atoms. The Morgan fingerprint density at radius 3 is 2.48 bits per heavy atom. The molecule has 1 fully saturated rings. The Morgan fingerprint density at radius 1 is 1.22 bits per heavy atom. The maximum atomic E-state index is 11.8. The van der Waals surface area contributed by atoms with Gasteiger partial charge in [0.05, 0.1) is 19.4 Å². The van der Waals surface area contributed by atoms with Crippen LogP contribution in [0.4, 0.5) is 0 Å². The lowest BCUT2D eigenvalue weighted by atomic mass is 10.00. The summed E-state index contributed by atoms with van der Waals surface area (Å²) in [5, 5.41) is 4.22. The number of aryl methyl sites for hydroxylation is 1. The van der Waals surface area contributed by atoms with E-state index < -0.39 is 0 Å². The van der Waals surface area contributed by atoms with E-state index in [0.29, 0.717) is 11.7 Å². The molecular weight excluding hydrogens is 290 g/mol. The molecule has 1 aliphatic heterocycles. The standard InChI is InChI=1S/C18H23N3O2/c1-13(21-8-10-23-11-9-21)15-4-6-16(7-5-15)17-12-19-20(3)18(17)14(2)22/h4-7,12-13H,8-11H2,1-3H3/t13-/m1/s1. The molecule has 0 spiro atoms. The van der Waals surface area contributed by atoms with Gasteiger partial charge in [0.25, 0.3) is 0 Å². The van der Waals surface area contributed by atoms with Gasteiger partial charge in [-0.3, -0.25) is 14.4 Å². The van der Waals surface area contributed by atoms with E-state index >= 15 is 0 Å². The van der Waals surface area contributed by atoms with E-state index in [4.69, 9.17) is 4.74 Å². The second-order valence-corrected chi connectivity index (χ2v) is 6.03. The Morgan fingerprint density at radius 2 is 1.87 bits per heavy atom. The summed E-state index contributed by atoms with van der Waals surface area (Å²) in [4.78, 5) is 14.3. The molecule has 0 radical (unpaired) electrons. The number of morpholine rings is 1. The van der Waals surface area contributed by atoms with Gasteiger partial charge < -0.3 is 4.74 Å². The van der Waals surface area contributed by atoms with Crippen LogP contribution in [0.3, 0.4) is 0 Å². The SMILES string of the molecule is CC(=O)c1c(-c2ccc([C@@H](C)N3CCOCC3)cc2)cnn1C. The third-order valence-electron chi connectivity index (χ3n) is 4.57. The zero-order chi connectivity index (χ0) is 16.4. The first-order valence-electron chi connectivity index (χ1n) is 8.03. The number of ether oxygens (including phenoxy) is 1. The molecule has 3 rings (SSSR count). The molecular formula is C18H23N3O2. The zero-order valence-corrected chi connectivity index (χ0v) is 14.0. The van der Waals surface area contributed by atoms with Gasteiger partial charge in [-0.2, -0.15) is 5.10 Å². The van der Waals surface area contributed by atoms with E-state index in [9.17, 15) is 4.79 Å². The van der Waals surface area contributed by atoms with E-state index in [1.165, 1.54) is 5.56 Å². The molecule has 1 aromatic heterocycles. The lowest BCUT2D eigenvalue weighted by molar-refractivity contribution is 0.0198. The van der Waals surface area contributed by atoms with Crippen molar-refractivity contribution in [2.45, 2.75) is 19.9 Å². The summed E-state index contributed by atoms with van der Waals surface area (Å²) in [7, 11) is 1.80. The van der Waals surface area contributed by atoms with Crippen LogP contribution in [-0.4, -0.2) is 46.8 Å². The van der Waals surface area contributed by atoms with E-state index in [-0.39, 0.29) is 5.78 Å². The number of benzene rings is 1. The molecule has 1 atom stereocenters. The Labute approximate surface area is 136 Å². The highest BCUT2D eigenvalue weighted by Gasteiger charge is 2.19. The van der Waals surface area contributed by atoms with E-state index in [1.807, 2.05) is 0 Å². The average Bonchev–Trinajstić information content (AvgIpc) is 2.97. The average molecular weight is 313 g/mol. The van der Waals surface area contributed by atoms with Crippen molar-refractivity contribution in [2.24, 2.45) is 7.05 Å². The Hall–Kier alpha value is -1.98. The fourth-order valence-electron chi connectivity index (χ4n) is 3.18. The summed E-state index contributed by atoms with van der Waals surface area (Å²) >= 11 is 0. The van der Waals surface area contributed by atoms with Crippen molar-refractivity contribution in [2.75, 3.05) is 26.3 Å². The third kappa shape index (κ3) is 3.21.